The Morgan fingerprint density at radius 3 is 1.92 bits per heavy atom. The van der Waals surface area contributed by atoms with Gasteiger partial charge in [-0.2, -0.15) is 0 Å². The lowest BCUT2D eigenvalue weighted by Crippen LogP contribution is -2.41. The highest BCUT2D eigenvalue weighted by Crippen LogP contribution is 2.18. The lowest BCUT2D eigenvalue weighted by atomic mass is 9.89. The van der Waals surface area contributed by atoms with Crippen molar-refractivity contribution in [2.24, 2.45) is 17.7 Å². The lowest BCUT2D eigenvalue weighted by molar-refractivity contribution is 0.294. The molecule has 0 rings (SSSR count). The summed E-state index contributed by atoms with van der Waals surface area (Å²) in [4.78, 5) is 0. The molecule has 0 amide bonds. The number of hydrazine groups is 1. The van der Waals surface area contributed by atoms with Gasteiger partial charge in [-0.15, -0.1) is 0 Å². The monoisotopic (exact) mass is 172 g/mol. The quantitative estimate of drug-likeness (QED) is 0.476. The Bertz CT molecular complexity index is 98.0. The van der Waals surface area contributed by atoms with Crippen molar-refractivity contribution in [3.05, 3.63) is 0 Å². The van der Waals surface area contributed by atoms with E-state index in [4.69, 9.17) is 5.84 Å². The molecule has 0 saturated carbocycles. The van der Waals surface area contributed by atoms with Crippen LogP contribution >= 0.6 is 0 Å². The van der Waals surface area contributed by atoms with Crippen LogP contribution in [0, 0.1) is 11.8 Å². The summed E-state index contributed by atoms with van der Waals surface area (Å²) in [5.74, 6) is 6.99. The van der Waals surface area contributed by atoms with E-state index in [-0.39, 0.29) is 0 Å². The number of hydrogen-bond donors (Lipinski definition) is 2. The minimum Gasteiger partial charge on any atom is -0.271 e. The lowest BCUT2D eigenvalue weighted by Gasteiger charge is -2.25. The first-order valence-electron chi connectivity index (χ1n) is 5.11. The van der Waals surface area contributed by atoms with Gasteiger partial charge in [-0.25, -0.2) is 0 Å². The van der Waals surface area contributed by atoms with Gasteiger partial charge in [0.25, 0.3) is 0 Å². The molecule has 0 aromatic rings. The summed E-state index contributed by atoms with van der Waals surface area (Å²) in [5, 5.41) is 0. The normalized spacial score (nSPS) is 14.2. The second-order valence-corrected chi connectivity index (χ2v) is 3.98. The fraction of sp³-hybridized carbons (Fsp3) is 1.00. The standard InChI is InChI=1S/C10H24N2/c1-5-9(6-2)10(12-11)7-8(3)4/h8-10,12H,5-7,11H2,1-4H3. The molecular formula is C10H24N2. The van der Waals surface area contributed by atoms with Crippen molar-refractivity contribution in [1.82, 2.24) is 5.43 Å². The van der Waals surface area contributed by atoms with Gasteiger partial charge < -0.3 is 0 Å². The molecule has 3 N–H and O–H groups in total. The van der Waals surface area contributed by atoms with E-state index in [9.17, 15) is 0 Å². The molecule has 0 aromatic carbocycles. The molecule has 0 aliphatic rings. The van der Waals surface area contributed by atoms with Crippen LogP contribution in [0.25, 0.3) is 0 Å². The second kappa shape index (κ2) is 6.44. The summed E-state index contributed by atoms with van der Waals surface area (Å²) in [7, 11) is 0. The van der Waals surface area contributed by atoms with Crippen molar-refractivity contribution in [2.45, 2.75) is 53.0 Å². The summed E-state index contributed by atoms with van der Waals surface area (Å²) < 4.78 is 0. The predicted molar refractivity (Wildman–Crippen MR) is 54.6 cm³/mol. The highest BCUT2D eigenvalue weighted by Gasteiger charge is 2.17. The van der Waals surface area contributed by atoms with Crippen molar-refractivity contribution in [3.8, 4) is 0 Å². The molecule has 0 fully saturated rings. The zero-order valence-electron chi connectivity index (χ0n) is 8.93. The van der Waals surface area contributed by atoms with E-state index in [1.165, 1.54) is 19.3 Å². The van der Waals surface area contributed by atoms with Crippen LogP contribution in [0.15, 0.2) is 0 Å². The number of hydrogen-bond acceptors (Lipinski definition) is 2. The molecule has 0 bridgehead atoms. The second-order valence-electron chi connectivity index (χ2n) is 3.98. The Hall–Kier alpha value is -0.0800. The van der Waals surface area contributed by atoms with Crippen molar-refractivity contribution >= 4 is 0 Å². The summed E-state index contributed by atoms with van der Waals surface area (Å²) in [5.41, 5.74) is 2.94. The smallest absolute Gasteiger partial charge is 0.0241 e. The van der Waals surface area contributed by atoms with Gasteiger partial charge in [0, 0.05) is 6.04 Å². The van der Waals surface area contributed by atoms with Gasteiger partial charge >= 0.3 is 0 Å². The SMILES string of the molecule is CCC(CC)C(CC(C)C)NN. The fourth-order valence-corrected chi connectivity index (χ4v) is 1.76. The minimum absolute atomic E-state index is 0.500. The molecule has 74 valence electrons. The Kier molecular flexibility index (Phi) is 6.39. The molecule has 0 saturated heterocycles. The zero-order valence-corrected chi connectivity index (χ0v) is 8.93. The number of nitrogens with two attached hydrogens (primary N) is 1. The highest BCUT2D eigenvalue weighted by molar-refractivity contribution is 4.73. The van der Waals surface area contributed by atoms with Crippen LogP contribution in [0.3, 0.4) is 0 Å². The van der Waals surface area contributed by atoms with Crippen molar-refractivity contribution in [3.63, 3.8) is 0 Å². The van der Waals surface area contributed by atoms with Crippen LogP contribution in [0.1, 0.15) is 47.0 Å². The zero-order chi connectivity index (χ0) is 9.56. The molecule has 0 aliphatic heterocycles. The van der Waals surface area contributed by atoms with Crippen LogP contribution in [-0.4, -0.2) is 6.04 Å². The van der Waals surface area contributed by atoms with E-state index >= 15 is 0 Å². The maximum Gasteiger partial charge on any atom is 0.0241 e. The molecule has 0 heterocycles. The molecule has 0 radical (unpaired) electrons. The topological polar surface area (TPSA) is 38.0 Å². The Balaban J connectivity index is 3.92. The first-order chi connectivity index (χ1) is 5.65. The number of rotatable bonds is 6. The minimum atomic E-state index is 0.500. The average molecular weight is 172 g/mol. The van der Waals surface area contributed by atoms with E-state index in [0.29, 0.717) is 6.04 Å². The van der Waals surface area contributed by atoms with E-state index in [0.717, 1.165) is 11.8 Å². The first kappa shape index (κ1) is 11.9. The molecule has 12 heavy (non-hydrogen) atoms. The molecule has 1 unspecified atom stereocenters. The largest absolute Gasteiger partial charge is 0.271 e. The molecule has 2 heteroatoms. The fourth-order valence-electron chi connectivity index (χ4n) is 1.76. The third kappa shape index (κ3) is 4.07. The Morgan fingerprint density at radius 1 is 1.17 bits per heavy atom. The van der Waals surface area contributed by atoms with Crippen molar-refractivity contribution in [2.75, 3.05) is 0 Å². The van der Waals surface area contributed by atoms with Gasteiger partial charge in [-0.3, -0.25) is 11.3 Å². The van der Waals surface area contributed by atoms with Crippen LogP contribution in [-0.2, 0) is 0 Å². The van der Waals surface area contributed by atoms with Gasteiger partial charge in [0.15, 0.2) is 0 Å². The third-order valence-electron chi connectivity index (χ3n) is 2.56. The summed E-state index contributed by atoms with van der Waals surface area (Å²) in [6, 6.07) is 0.500. The molecule has 1 atom stereocenters. The molecule has 2 nitrogen and oxygen atoms in total. The highest BCUT2D eigenvalue weighted by atomic mass is 15.2. The summed E-state index contributed by atoms with van der Waals surface area (Å²) in [6.07, 6.45) is 3.62. The van der Waals surface area contributed by atoms with Gasteiger partial charge in [0.05, 0.1) is 0 Å². The predicted octanol–water partition coefficient (Wildman–Crippen LogP) is 2.30. The van der Waals surface area contributed by atoms with Crippen molar-refractivity contribution < 1.29 is 0 Å². The van der Waals surface area contributed by atoms with Crippen LogP contribution in [0.4, 0.5) is 0 Å². The van der Waals surface area contributed by atoms with Gasteiger partial charge in [-0.1, -0.05) is 40.5 Å². The summed E-state index contributed by atoms with van der Waals surface area (Å²) >= 11 is 0. The van der Waals surface area contributed by atoms with E-state index in [2.05, 4.69) is 33.1 Å². The first-order valence-corrected chi connectivity index (χ1v) is 5.11. The van der Waals surface area contributed by atoms with Crippen LogP contribution in [0.5, 0.6) is 0 Å². The molecule has 0 spiro atoms. The van der Waals surface area contributed by atoms with Gasteiger partial charge in [0.2, 0.25) is 0 Å². The van der Waals surface area contributed by atoms with E-state index in [1.807, 2.05) is 0 Å². The number of nitrogens with one attached hydrogen (secondary N) is 1. The Labute approximate surface area is 76.9 Å². The molecule has 0 aromatic heterocycles. The Morgan fingerprint density at radius 2 is 1.67 bits per heavy atom. The maximum atomic E-state index is 5.52. The maximum absolute atomic E-state index is 5.52. The van der Waals surface area contributed by atoms with E-state index < -0.39 is 0 Å². The van der Waals surface area contributed by atoms with E-state index in [1.54, 1.807) is 0 Å². The van der Waals surface area contributed by atoms with Crippen LogP contribution < -0.4 is 11.3 Å². The van der Waals surface area contributed by atoms with Gasteiger partial charge in [-0.05, 0) is 18.3 Å². The van der Waals surface area contributed by atoms with Crippen LogP contribution in [0.2, 0.25) is 0 Å². The average Bonchev–Trinajstić information content (AvgIpc) is 2.04. The summed E-state index contributed by atoms with van der Waals surface area (Å²) in [6.45, 7) is 8.96. The molecular weight excluding hydrogens is 148 g/mol. The molecule has 0 aliphatic carbocycles. The van der Waals surface area contributed by atoms with Crippen molar-refractivity contribution in [1.29, 1.82) is 0 Å². The van der Waals surface area contributed by atoms with Gasteiger partial charge in [0.1, 0.15) is 0 Å². The third-order valence-corrected chi connectivity index (χ3v) is 2.56.